The first kappa shape index (κ1) is 93.5. The predicted octanol–water partition coefficient (Wildman–Crippen LogP) is 4.05. The van der Waals surface area contributed by atoms with E-state index in [1.54, 1.807) is 41.3 Å². The summed E-state index contributed by atoms with van der Waals surface area (Å²) in [6.07, 6.45) is -0.911. The van der Waals surface area contributed by atoms with Crippen molar-refractivity contribution in [1.82, 2.24) is 19.1 Å². The van der Waals surface area contributed by atoms with E-state index < -0.39 is 134 Å². The quantitative estimate of drug-likeness (QED) is 0.0513. The van der Waals surface area contributed by atoms with E-state index in [0.717, 1.165) is 22.0 Å². The van der Waals surface area contributed by atoms with Gasteiger partial charge in [-0.2, -0.15) is 0 Å². The fraction of sp³-hybridized carbons (Fsp3) is 0.710. The number of methoxy groups -OCH3 is 5. The molecule has 5 aliphatic heterocycles. The summed E-state index contributed by atoms with van der Waals surface area (Å²) in [7, 11) is -10.6. The van der Waals surface area contributed by atoms with Crippen LogP contribution in [-0.2, 0) is 93.9 Å². The van der Waals surface area contributed by atoms with Crippen molar-refractivity contribution in [2.24, 2.45) is 0 Å². The Morgan fingerprint density at radius 1 is 0.427 bits per heavy atom. The lowest BCUT2D eigenvalue weighted by Crippen LogP contribution is -2.40. The first-order chi connectivity index (χ1) is 47.9. The third-order valence-electron chi connectivity index (χ3n) is 14.7. The van der Waals surface area contributed by atoms with Gasteiger partial charge >= 0.3 is 19.0 Å². The van der Waals surface area contributed by atoms with Crippen LogP contribution in [0.5, 0.6) is 0 Å². The number of H-pyrrole nitrogens is 2. The zero-order chi connectivity index (χ0) is 78.1. The van der Waals surface area contributed by atoms with Gasteiger partial charge in [0.1, 0.15) is 104 Å². The highest BCUT2D eigenvalue weighted by Gasteiger charge is 2.49. The Morgan fingerprint density at radius 2 is 0.699 bits per heavy atom. The Kier molecular flexibility index (Phi) is 39.5. The van der Waals surface area contributed by atoms with Crippen molar-refractivity contribution in [3.63, 3.8) is 0 Å². The summed E-state index contributed by atoms with van der Waals surface area (Å²) in [6.45, 7) is 22.4. The van der Waals surface area contributed by atoms with Gasteiger partial charge in [0.15, 0.2) is 12.5 Å². The Morgan fingerprint density at radius 3 is 0.951 bits per heavy atom. The molecule has 5 aliphatic rings. The number of ether oxygens (including phenoxy) is 15. The molecule has 0 bridgehead atoms. The molecule has 4 unspecified atom stereocenters. The molecular formula is C62H107N4O32P5. The lowest BCUT2D eigenvalue weighted by atomic mass is 10.1. The first-order valence-electron chi connectivity index (χ1n) is 32.5. The highest BCUT2D eigenvalue weighted by molar-refractivity contribution is 7.61. The van der Waals surface area contributed by atoms with Crippen molar-refractivity contribution in [2.45, 2.75) is 204 Å². The molecule has 2 aromatic rings. The minimum Gasteiger partial charge on any atom is -0.386 e. The lowest BCUT2D eigenvalue weighted by Gasteiger charge is -2.24. The Bertz CT molecular complexity index is 3480. The SMILES string of the molecule is CO[C@@H]1[C@H](OC(C)C)[C@@H](/C=C/P(=O)(O)CO)O[C@H]1n1ccc(=O)[nH]c1=O.CO[C@@H]1[C@H](OC(C)C)[C@@H](/C=C/P(C)(=O)O)O[C@H]1n1ccc(=O)[nH]c1=O.CO[C@H]1CO[C@H](/C=C/P(=O)(O)CO)[C@H]1OC(C)C.CO[C@H]1CO[C@H](/C=C/P(=O)(O)O)[C@H]1OC(C)C.CO[C@H]1CO[C@H](/C=C/P(C)(=O)O)[C@H]1OC(C)C. The van der Waals surface area contributed by atoms with Crippen molar-refractivity contribution >= 4 is 37.1 Å². The van der Waals surface area contributed by atoms with Crippen LogP contribution in [0.2, 0.25) is 0 Å². The summed E-state index contributed by atoms with van der Waals surface area (Å²) in [5.74, 6) is 5.35. The molecule has 0 radical (unpaired) electrons. The van der Waals surface area contributed by atoms with Crippen LogP contribution >= 0.6 is 37.1 Å². The average molecular weight is 1580 g/mol. The maximum Gasteiger partial charge on any atom is 0.348 e. The number of nitrogens with zero attached hydrogens (tertiary/aromatic N) is 2. The minimum atomic E-state index is -4.16. The summed E-state index contributed by atoms with van der Waals surface area (Å²) in [6, 6.07) is 2.37. The third-order valence-corrected chi connectivity index (χ3v) is 18.8. The second-order valence-corrected chi connectivity index (χ2v) is 35.4. The van der Waals surface area contributed by atoms with Gasteiger partial charge < -0.3 is 111 Å². The molecule has 10 N–H and O–H groups in total. The van der Waals surface area contributed by atoms with Crippen molar-refractivity contribution in [3.05, 3.63) is 126 Å². The van der Waals surface area contributed by atoms with Gasteiger partial charge in [0, 0.05) is 90.9 Å². The van der Waals surface area contributed by atoms with Gasteiger partial charge in [0.05, 0.1) is 50.3 Å². The number of rotatable bonds is 29. The van der Waals surface area contributed by atoms with Crippen LogP contribution in [0, 0.1) is 0 Å². The molecule has 103 heavy (non-hydrogen) atoms. The molecule has 36 nitrogen and oxygen atoms in total. The highest BCUT2D eigenvalue weighted by atomic mass is 31.2. The van der Waals surface area contributed by atoms with Crippen LogP contribution < -0.4 is 22.5 Å². The Balaban J connectivity index is 0.000000339. The van der Waals surface area contributed by atoms with Crippen LogP contribution in [0.4, 0.5) is 0 Å². The summed E-state index contributed by atoms with van der Waals surface area (Å²) in [5, 5.41) is 17.6. The molecule has 7 rings (SSSR count). The van der Waals surface area contributed by atoms with Crippen LogP contribution in [0.15, 0.2) is 103 Å². The number of hydrogen-bond acceptors (Lipinski definition) is 26. The number of nitrogens with one attached hydrogen (secondary N) is 2. The molecule has 5 saturated heterocycles. The molecule has 592 valence electrons. The van der Waals surface area contributed by atoms with Gasteiger partial charge in [-0.15, -0.1) is 0 Å². The topological polar surface area (TPSA) is 495 Å². The highest BCUT2D eigenvalue weighted by Crippen LogP contribution is 2.45. The van der Waals surface area contributed by atoms with Gasteiger partial charge in [0.2, 0.25) is 29.5 Å². The normalized spacial score (nSPS) is 30.6. The van der Waals surface area contributed by atoms with Gasteiger partial charge in [0.25, 0.3) is 11.1 Å². The Labute approximate surface area is 598 Å². The van der Waals surface area contributed by atoms with Crippen LogP contribution in [0.1, 0.15) is 81.7 Å². The summed E-state index contributed by atoms with van der Waals surface area (Å²) >= 11 is 0. The zero-order valence-electron chi connectivity index (χ0n) is 60.8. The largest absolute Gasteiger partial charge is 0.386 e. The predicted molar refractivity (Wildman–Crippen MR) is 377 cm³/mol. The summed E-state index contributed by atoms with van der Waals surface area (Å²) < 4.78 is 142. The first-order valence-corrected chi connectivity index (χ1v) is 42.4. The molecular weight excluding hydrogens is 1470 g/mol. The summed E-state index contributed by atoms with van der Waals surface area (Å²) in [5.41, 5.74) is -2.39. The maximum absolute atomic E-state index is 12.1. The molecule has 41 heteroatoms. The number of aromatic nitrogens is 4. The fourth-order valence-electron chi connectivity index (χ4n) is 10.4. The smallest absolute Gasteiger partial charge is 0.348 e. The van der Waals surface area contributed by atoms with E-state index in [1.807, 2.05) is 55.4 Å². The maximum atomic E-state index is 12.1. The molecule has 5 fully saturated rings. The van der Waals surface area contributed by atoms with E-state index in [2.05, 4.69) is 9.97 Å². The second-order valence-electron chi connectivity index (χ2n) is 25.4. The van der Waals surface area contributed by atoms with E-state index in [9.17, 15) is 61.6 Å². The molecule has 2 aromatic heterocycles. The summed E-state index contributed by atoms with van der Waals surface area (Å²) in [4.78, 5) is 106. The molecule has 0 saturated carbocycles. The standard InChI is InChI=1S/C15H23N2O8P.C15H23N2O7P.C11H21O6P.C11H21O5P.C10H19O6P/c1-9(2)24-12-10(5-7-26(21,22)8-18)25-14(13(12)23-3)17-6-4-11(19)16-15(17)20;1-9(2)23-12-10(6-8-25(4,20)21)24-14(13(12)22-3)17-7-5-11(18)16-15(17)19;1-8(2)17-11-9(16-6-10(11)15-3)4-5-18(13,14)7-12;1-8(2)16-11-9(5-6-17(4,12)13)15-7-10(11)14-3;1-7(2)16-10-8(4-5-17(11,12)13)15-6-9(10)14-3/h4-7,9-10,12-14,18H,8H2,1-3H3,(H,21,22)(H,16,19,20);5-10,12-14H,1-4H3,(H,20,21)(H,16,18,19);4-5,8-12H,6-7H2,1-3H3,(H,13,14);5-6,8-11H,7H2,1-4H3,(H,12,13);4-5,7-10H,6H2,1-3H3,(H2,11,12,13)/b7-5+;8-6+;5-4+;6-5+;5-4+/t2*10-,12-,13-,14-;2*9-,10+,11-;8-,9+,10-/m11111/s1. The molecule has 21 atom stereocenters. The van der Waals surface area contributed by atoms with Gasteiger partial charge in [-0.3, -0.25) is 51.5 Å². The van der Waals surface area contributed by atoms with E-state index in [1.165, 1.54) is 92.6 Å². The van der Waals surface area contributed by atoms with Crippen LogP contribution in [0.25, 0.3) is 0 Å². The monoisotopic (exact) mass is 1570 g/mol. The van der Waals surface area contributed by atoms with E-state index >= 15 is 0 Å². The third kappa shape index (κ3) is 32.6. The van der Waals surface area contributed by atoms with Crippen molar-refractivity contribution in [2.75, 3.05) is 81.4 Å². The lowest BCUT2D eigenvalue weighted by molar-refractivity contribution is -0.0769. The second kappa shape index (κ2) is 43.5. The van der Waals surface area contributed by atoms with E-state index in [0.29, 0.717) is 19.8 Å². The molecule has 7 heterocycles. The van der Waals surface area contributed by atoms with E-state index in [-0.39, 0.29) is 73.2 Å². The van der Waals surface area contributed by atoms with Gasteiger partial charge in [-0.25, -0.2) is 9.59 Å². The number of aliphatic hydroxyl groups is 2. The number of aliphatic hydroxyl groups excluding tert-OH is 2. The molecule has 0 aromatic carbocycles. The molecule has 0 spiro atoms. The Hall–Kier alpha value is -3.71. The number of aromatic amines is 2. The van der Waals surface area contributed by atoms with Crippen molar-refractivity contribution in [1.29, 1.82) is 0 Å². The zero-order valence-corrected chi connectivity index (χ0v) is 65.3. The number of hydrogen-bond donors (Lipinski definition) is 10. The van der Waals surface area contributed by atoms with Crippen molar-refractivity contribution < 1.29 is 133 Å². The van der Waals surface area contributed by atoms with Gasteiger partial charge in [-0.1, -0.05) is 0 Å². The van der Waals surface area contributed by atoms with E-state index in [4.69, 9.17) is 91.1 Å². The van der Waals surface area contributed by atoms with Crippen LogP contribution in [-0.4, -0.2) is 262 Å². The average Bonchev–Trinajstić information content (AvgIpc) is 1.63. The van der Waals surface area contributed by atoms with Crippen molar-refractivity contribution in [3.8, 4) is 0 Å². The molecule has 0 amide bonds. The molecule has 0 aliphatic carbocycles. The van der Waals surface area contributed by atoms with Gasteiger partial charge in [-0.05, 0) is 111 Å². The van der Waals surface area contributed by atoms with Crippen LogP contribution in [0.3, 0.4) is 0 Å². The fourth-order valence-corrected chi connectivity index (χ4v) is 12.8. The minimum absolute atomic E-state index is 0.00372.